The van der Waals surface area contributed by atoms with Gasteiger partial charge in [-0.05, 0) is 57.0 Å². The summed E-state index contributed by atoms with van der Waals surface area (Å²) in [6.07, 6.45) is -0.709. The average molecular weight is 467 g/mol. The van der Waals surface area contributed by atoms with Crippen LogP contribution in [0.5, 0.6) is 11.5 Å². The van der Waals surface area contributed by atoms with Gasteiger partial charge in [0.05, 0.1) is 26.3 Å². The van der Waals surface area contributed by atoms with E-state index in [1.165, 1.54) is 0 Å². The first-order valence-electron chi connectivity index (χ1n) is 11.2. The summed E-state index contributed by atoms with van der Waals surface area (Å²) in [4.78, 5) is 28.3. The molecule has 0 aliphatic carbocycles. The molecular weight excluding hydrogens is 436 g/mol. The Balaban J connectivity index is 2.05. The van der Waals surface area contributed by atoms with Gasteiger partial charge in [0.15, 0.2) is 11.5 Å². The Morgan fingerprint density at radius 3 is 2.38 bits per heavy atom. The highest BCUT2D eigenvalue weighted by Gasteiger charge is 2.37. The van der Waals surface area contributed by atoms with Gasteiger partial charge in [0.2, 0.25) is 0 Å². The standard InChI is InChI=1S/C26H30N2O6/c1-7-33-15-28-19-11-9-8-10-17(19)22-18-13-21(32-6)20(31-5)12-16(18)14-27(24(29)23(22)28)25(30)34-26(2,3)4/h8-13H,7,14-15H2,1-6H3. The van der Waals surface area contributed by atoms with E-state index in [0.29, 0.717) is 23.8 Å². The predicted octanol–water partition coefficient (Wildman–Crippen LogP) is 5.21. The van der Waals surface area contributed by atoms with E-state index in [-0.39, 0.29) is 13.3 Å². The molecule has 1 aromatic heterocycles. The molecule has 0 bridgehead atoms. The molecule has 0 atom stereocenters. The lowest BCUT2D eigenvalue weighted by molar-refractivity contribution is 0.0219. The van der Waals surface area contributed by atoms with E-state index in [9.17, 15) is 9.59 Å². The van der Waals surface area contributed by atoms with Gasteiger partial charge in [-0.2, -0.15) is 0 Å². The first kappa shape index (κ1) is 23.6. The zero-order chi connectivity index (χ0) is 24.6. The van der Waals surface area contributed by atoms with E-state index in [0.717, 1.165) is 32.5 Å². The summed E-state index contributed by atoms with van der Waals surface area (Å²) in [6.45, 7) is 7.88. The van der Waals surface area contributed by atoms with Crippen LogP contribution in [-0.4, -0.2) is 47.9 Å². The number of fused-ring (bicyclic) bond motifs is 5. The van der Waals surface area contributed by atoms with Crippen LogP contribution in [0.4, 0.5) is 4.79 Å². The zero-order valence-electron chi connectivity index (χ0n) is 20.4. The molecule has 1 aliphatic rings. The van der Waals surface area contributed by atoms with Crippen LogP contribution in [0.25, 0.3) is 22.0 Å². The summed E-state index contributed by atoms with van der Waals surface area (Å²) in [7, 11) is 3.12. The maximum absolute atomic E-state index is 14.0. The fourth-order valence-corrected chi connectivity index (χ4v) is 4.23. The predicted molar refractivity (Wildman–Crippen MR) is 128 cm³/mol. The van der Waals surface area contributed by atoms with Gasteiger partial charge < -0.3 is 23.5 Å². The van der Waals surface area contributed by atoms with Crippen LogP contribution in [0.3, 0.4) is 0 Å². The Morgan fingerprint density at radius 2 is 1.74 bits per heavy atom. The van der Waals surface area contributed by atoms with E-state index in [2.05, 4.69) is 0 Å². The number of carbonyl (C=O) groups is 2. The third kappa shape index (κ3) is 4.09. The van der Waals surface area contributed by atoms with Crippen molar-refractivity contribution >= 4 is 22.9 Å². The first-order valence-corrected chi connectivity index (χ1v) is 11.2. The van der Waals surface area contributed by atoms with Crippen LogP contribution in [0.15, 0.2) is 36.4 Å². The molecule has 0 unspecified atom stereocenters. The van der Waals surface area contributed by atoms with Crippen molar-refractivity contribution in [1.82, 2.24) is 9.47 Å². The van der Waals surface area contributed by atoms with Crippen LogP contribution in [-0.2, 0) is 22.7 Å². The summed E-state index contributed by atoms with van der Waals surface area (Å²) in [5.41, 5.74) is 2.70. The van der Waals surface area contributed by atoms with E-state index >= 15 is 0 Å². The number of para-hydroxylation sites is 1. The Hall–Kier alpha value is -3.52. The number of carbonyl (C=O) groups excluding carboxylic acids is 2. The molecule has 0 spiro atoms. The Kier molecular flexibility index (Phi) is 6.27. The molecule has 4 rings (SSSR count). The van der Waals surface area contributed by atoms with E-state index in [1.54, 1.807) is 35.0 Å². The Labute approximate surface area is 198 Å². The smallest absolute Gasteiger partial charge is 0.417 e. The molecule has 3 aromatic rings. The second kappa shape index (κ2) is 9.02. The number of aromatic nitrogens is 1. The van der Waals surface area contributed by atoms with Crippen molar-refractivity contribution in [3.8, 4) is 22.6 Å². The summed E-state index contributed by atoms with van der Waals surface area (Å²) in [5, 5.41) is 0.880. The van der Waals surface area contributed by atoms with Crippen LogP contribution in [0.2, 0.25) is 0 Å². The van der Waals surface area contributed by atoms with Gasteiger partial charge in [-0.1, -0.05) is 18.2 Å². The highest BCUT2D eigenvalue weighted by molar-refractivity contribution is 6.14. The Morgan fingerprint density at radius 1 is 1.06 bits per heavy atom. The third-order valence-electron chi connectivity index (χ3n) is 5.66. The SMILES string of the molecule is CCOCn1c2c(c3ccccc31)-c1cc(OC)c(OC)cc1CN(C(=O)OC(C)(C)C)C2=O. The molecule has 8 heteroatoms. The summed E-state index contributed by atoms with van der Waals surface area (Å²) < 4.78 is 24.2. The number of methoxy groups -OCH3 is 2. The van der Waals surface area contributed by atoms with Crippen molar-refractivity contribution in [3.05, 3.63) is 47.7 Å². The maximum Gasteiger partial charge on any atom is 0.417 e. The molecule has 0 saturated carbocycles. The third-order valence-corrected chi connectivity index (χ3v) is 5.66. The van der Waals surface area contributed by atoms with Gasteiger partial charge in [0.25, 0.3) is 5.91 Å². The van der Waals surface area contributed by atoms with Crippen molar-refractivity contribution < 1.29 is 28.5 Å². The quantitative estimate of drug-likeness (QED) is 0.514. The minimum absolute atomic E-state index is 0.0288. The topological polar surface area (TPSA) is 79.2 Å². The number of rotatable bonds is 5. The number of amides is 2. The van der Waals surface area contributed by atoms with Crippen molar-refractivity contribution in [3.63, 3.8) is 0 Å². The molecular formula is C26H30N2O6. The molecule has 2 aromatic carbocycles. The van der Waals surface area contributed by atoms with Gasteiger partial charge in [-0.3, -0.25) is 4.79 Å². The summed E-state index contributed by atoms with van der Waals surface area (Å²) in [6, 6.07) is 11.4. The maximum atomic E-state index is 14.0. The number of hydrogen-bond donors (Lipinski definition) is 0. The fraction of sp³-hybridized carbons (Fsp3) is 0.385. The minimum atomic E-state index is -0.759. The molecule has 180 valence electrons. The number of imide groups is 1. The Bertz CT molecular complexity index is 1250. The number of hydrogen-bond acceptors (Lipinski definition) is 6. The molecule has 8 nitrogen and oxygen atoms in total. The fourth-order valence-electron chi connectivity index (χ4n) is 4.23. The highest BCUT2D eigenvalue weighted by atomic mass is 16.6. The number of benzene rings is 2. The van der Waals surface area contributed by atoms with Crippen LogP contribution >= 0.6 is 0 Å². The monoisotopic (exact) mass is 466 g/mol. The molecule has 0 saturated heterocycles. The molecule has 2 amide bonds. The van der Waals surface area contributed by atoms with Gasteiger partial charge in [-0.25, -0.2) is 9.69 Å². The second-order valence-corrected chi connectivity index (χ2v) is 9.03. The van der Waals surface area contributed by atoms with Crippen LogP contribution in [0.1, 0.15) is 43.7 Å². The number of ether oxygens (including phenoxy) is 4. The van der Waals surface area contributed by atoms with Crippen molar-refractivity contribution in [2.45, 2.75) is 46.6 Å². The van der Waals surface area contributed by atoms with Crippen LogP contribution < -0.4 is 9.47 Å². The first-order chi connectivity index (χ1) is 16.2. The number of nitrogens with zero attached hydrogens (tertiary/aromatic N) is 2. The highest BCUT2D eigenvalue weighted by Crippen LogP contribution is 2.44. The van der Waals surface area contributed by atoms with Gasteiger partial charge >= 0.3 is 6.09 Å². The molecule has 0 N–H and O–H groups in total. The summed E-state index contributed by atoms with van der Waals surface area (Å²) in [5.74, 6) is 0.598. The molecule has 0 radical (unpaired) electrons. The van der Waals surface area contributed by atoms with E-state index < -0.39 is 17.6 Å². The van der Waals surface area contributed by atoms with Gasteiger partial charge in [0, 0.05) is 17.6 Å². The molecule has 34 heavy (non-hydrogen) atoms. The van der Waals surface area contributed by atoms with E-state index in [4.69, 9.17) is 18.9 Å². The molecule has 1 aliphatic heterocycles. The largest absolute Gasteiger partial charge is 0.493 e. The molecule has 0 fully saturated rings. The molecule has 2 heterocycles. The zero-order valence-corrected chi connectivity index (χ0v) is 20.4. The van der Waals surface area contributed by atoms with Crippen molar-refractivity contribution in [2.75, 3.05) is 20.8 Å². The lowest BCUT2D eigenvalue weighted by Crippen LogP contribution is -2.40. The van der Waals surface area contributed by atoms with Gasteiger partial charge in [0.1, 0.15) is 18.0 Å². The van der Waals surface area contributed by atoms with Gasteiger partial charge in [-0.15, -0.1) is 0 Å². The lowest BCUT2D eigenvalue weighted by Gasteiger charge is -2.26. The summed E-state index contributed by atoms with van der Waals surface area (Å²) >= 11 is 0. The van der Waals surface area contributed by atoms with E-state index in [1.807, 2.05) is 47.9 Å². The van der Waals surface area contributed by atoms with Crippen molar-refractivity contribution in [2.24, 2.45) is 0 Å². The normalized spacial score (nSPS) is 13.4. The van der Waals surface area contributed by atoms with Crippen LogP contribution in [0, 0.1) is 0 Å². The second-order valence-electron chi connectivity index (χ2n) is 9.03. The van der Waals surface area contributed by atoms with Crippen molar-refractivity contribution in [1.29, 1.82) is 0 Å². The lowest BCUT2D eigenvalue weighted by atomic mass is 9.97. The minimum Gasteiger partial charge on any atom is -0.493 e. The average Bonchev–Trinajstić information content (AvgIpc) is 3.06.